The highest BCUT2D eigenvalue weighted by Crippen LogP contribution is 2.31. The molecule has 0 bridgehead atoms. The van der Waals surface area contributed by atoms with Gasteiger partial charge in [-0.15, -0.1) is 0 Å². The molecule has 4 heteroatoms. The van der Waals surface area contributed by atoms with Crippen LogP contribution in [0.5, 0.6) is 5.88 Å². The van der Waals surface area contributed by atoms with Crippen LogP contribution >= 0.6 is 0 Å². The van der Waals surface area contributed by atoms with Gasteiger partial charge in [-0.2, -0.15) is 0 Å². The van der Waals surface area contributed by atoms with E-state index in [0.29, 0.717) is 29.5 Å². The molecule has 0 saturated heterocycles. The molecule has 1 aromatic heterocycles. The SMILES string of the molecule is Fc1cc(F)cc(-c2cccnc2OCC2CCC2)c1. The van der Waals surface area contributed by atoms with Crippen LogP contribution in [0.3, 0.4) is 0 Å². The number of nitrogens with zero attached hydrogens (tertiary/aromatic N) is 1. The van der Waals surface area contributed by atoms with Crippen LogP contribution in [-0.4, -0.2) is 11.6 Å². The fourth-order valence-corrected chi connectivity index (χ4v) is 2.29. The summed E-state index contributed by atoms with van der Waals surface area (Å²) in [5, 5.41) is 0. The normalized spacial score (nSPS) is 14.9. The van der Waals surface area contributed by atoms with Gasteiger partial charge in [0.25, 0.3) is 0 Å². The van der Waals surface area contributed by atoms with E-state index in [1.54, 1.807) is 18.3 Å². The van der Waals surface area contributed by atoms with Gasteiger partial charge in [-0.3, -0.25) is 0 Å². The van der Waals surface area contributed by atoms with Gasteiger partial charge >= 0.3 is 0 Å². The monoisotopic (exact) mass is 275 g/mol. The van der Waals surface area contributed by atoms with Gasteiger partial charge in [-0.25, -0.2) is 13.8 Å². The highest BCUT2D eigenvalue weighted by atomic mass is 19.1. The molecule has 1 saturated carbocycles. The van der Waals surface area contributed by atoms with Gasteiger partial charge in [-0.1, -0.05) is 6.42 Å². The van der Waals surface area contributed by atoms with Gasteiger partial charge in [0, 0.05) is 17.8 Å². The summed E-state index contributed by atoms with van der Waals surface area (Å²) in [6.07, 6.45) is 5.22. The van der Waals surface area contributed by atoms with Crippen molar-refractivity contribution in [2.45, 2.75) is 19.3 Å². The van der Waals surface area contributed by atoms with Crippen LogP contribution in [0.15, 0.2) is 36.5 Å². The second-order valence-corrected chi connectivity index (χ2v) is 5.12. The lowest BCUT2D eigenvalue weighted by Gasteiger charge is -2.25. The molecule has 3 rings (SSSR count). The van der Waals surface area contributed by atoms with Crippen molar-refractivity contribution in [2.75, 3.05) is 6.61 Å². The molecule has 0 spiro atoms. The number of hydrogen-bond donors (Lipinski definition) is 0. The first-order valence-electron chi connectivity index (χ1n) is 6.76. The quantitative estimate of drug-likeness (QED) is 0.834. The van der Waals surface area contributed by atoms with Crippen LogP contribution in [0.25, 0.3) is 11.1 Å². The standard InChI is InChI=1S/C16H15F2NO/c17-13-7-12(8-14(18)9-13)15-5-2-6-19-16(15)20-10-11-3-1-4-11/h2,5-9,11H,1,3-4,10H2. The summed E-state index contributed by atoms with van der Waals surface area (Å²) in [6.45, 7) is 0.613. The highest BCUT2D eigenvalue weighted by Gasteiger charge is 2.19. The lowest BCUT2D eigenvalue weighted by molar-refractivity contribution is 0.176. The molecule has 1 heterocycles. The summed E-state index contributed by atoms with van der Waals surface area (Å²) in [5.41, 5.74) is 1.06. The Kier molecular flexibility index (Phi) is 3.63. The second-order valence-electron chi connectivity index (χ2n) is 5.12. The maximum absolute atomic E-state index is 13.3. The number of aromatic nitrogens is 1. The van der Waals surface area contributed by atoms with Crippen molar-refractivity contribution in [3.8, 4) is 17.0 Å². The Morgan fingerprint density at radius 2 is 1.90 bits per heavy atom. The van der Waals surface area contributed by atoms with Crippen molar-refractivity contribution in [1.82, 2.24) is 4.98 Å². The first kappa shape index (κ1) is 13.0. The number of halogens is 2. The summed E-state index contributed by atoms with van der Waals surface area (Å²) >= 11 is 0. The van der Waals surface area contributed by atoms with E-state index in [1.165, 1.54) is 31.4 Å². The molecule has 0 aliphatic heterocycles. The number of rotatable bonds is 4. The van der Waals surface area contributed by atoms with Gasteiger partial charge in [0.2, 0.25) is 5.88 Å². The zero-order chi connectivity index (χ0) is 13.9. The van der Waals surface area contributed by atoms with E-state index < -0.39 is 11.6 Å². The first-order valence-corrected chi connectivity index (χ1v) is 6.76. The number of ether oxygens (including phenoxy) is 1. The Morgan fingerprint density at radius 1 is 1.15 bits per heavy atom. The molecule has 1 aliphatic rings. The van der Waals surface area contributed by atoms with Crippen molar-refractivity contribution in [1.29, 1.82) is 0 Å². The molecule has 2 nitrogen and oxygen atoms in total. The van der Waals surface area contributed by atoms with Gasteiger partial charge in [0.1, 0.15) is 11.6 Å². The molecule has 0 radical (unpaired) electrons. The Balaban J connectivity index is 1.87. The average molecular weight is 275 g/mol. The molecular weight excluding hydrogens is 260 g/mol. The lowest BCUT2D eigenvalue weighted by Crippen LogP contribution is -2.19. The molecule has 104 valence electrons. The summed E-state index contributed by atoms with van der Waals surface area (Å²) in [7, 11) is 0. The van der Waals surface area contributed by atoms with Crippen molar-refractivity contribution in [3.05, 3.63) is 48.2 Å². The molecular formula is C16H15F2NO. The molecule has 1 fully saturated rings. The summed E-state index contributed by atoms with van der Waals surface area (Å²) < 4.78 is 32.4. The zero-order valence-electron chi connectivity index (χ0n) is 11.0. The van der Waals surface area contributed by atoms with E-state index >= 15 is 0 Å². The lowest BCUT2D eigenvalue weighted by atomic mass is 9.86. The van der Waals surface area contributed by atoms with Crippen LogP contribution in [0, 0.1) is 17.6 Å². The van der Waals surface area contributed by atoms with Crippen LogP contribution in [0.2, 0.25) is 0 Å². The van der Waals surface area contributed by atoms with Gasteiger partial charge < -0.3 is 4.74 Å². The number of pyridine rings is 1. The van der Waals surface area contributed by atoms with Gasteiger partial charge in [0.15, 0.2) is 0 Å². The smallest absolute Gasteiger partial charge is 0.221 e. The topological polar surface area (TPSA) is 22.1 Å². The third kappa shape index (κ3) is 2.79. The Hall–Kier alpha value is -1.97. The van der Waals surface area contributed by atoms with Crippen molar-refractivity contribution < 1.29 is 13.5 Å². The predicted octanol–water partition coefficient (Wildman–Crippen LogP) is 4.21. The van der Waals surface area contributed by atoms with E-state index in [0.717, 1.165) is 6.07 Å². The average Bonchev–Trinajstić information content (AvgIpc) is 2.36. The summed E-state index contributed by atoms with van der Waals surface area (Å²) in [5.74, 6) is -0.193. The predicted molar refractivity (Wildman–Crippen MR) is 72.4 cm³/mol. The Morgan fingerprint density at radius 3 is 2.55 bits per heavy atom. The Bertz CT molecular complexity index is 591. The third-order valence-electron chi connectivity index (χ3n) is 3.63. The molecule has 1 aliphatic carbocycles. The fraction of sp³-hybridized carbons (Fsp3) is 0.312. The molecule has 20 heavy (non-hydrogen) atoms. The minimum atomic E-state index is -0.603. The highest BCUT2D eigenvalue weighted by molar-refractivity contribution is 5.68. The van der Waals surface area contributed by atoms with Crippen LogP contribution < -0.4 is 4.74 Å². The van der Waals surface area contributed by atoms with Crippen LogP contribution in [0.4, 0.5) is 8.78 Å². The van der Waals surface area contributed by atoms with E-state index in [2.05, 4.69) is 4.98 Å². The number of hydrogen-bond acceptors (Lipinski definition) is 2. The summed E-state index contributed by atoms with van der Waals surface area (Å²) in [6, 6.07) is 6.92. The van der Waals surface area contributed by atoms with Crippen LogP contribution in [0.1, 0.15) is 19.3 Å². The molecule has 2 aromatic rings. The molecule has 0 N–H and O–H groups in total. The minimum Gasteiger partial charge on any atom is -0.477 e. The third-order valence-corrected chi connectivity index (χ3v) is 3.63. The maximum Gasteiger partial charge on any atom is 0.221 e. The van der Waals surface area contributed by atoms with Gasteiger partial charge in [-0.05, 0) is 48.6 Å². The second kappa shape index (κ2) is 5.57. The minimum absolute atomic E-state index is 0.435. The van der Waals surface area contributed by atoms with Crippen molar-refractivity contribution in [3.63, 3.8) is 0 Å². The van der Waals surface area contributed by atoms with Crippen molar-refractivity contribution in [2.24, 2.45) is 5.92 Å². The zero-order valence-corrected chi connectivity index (χ0v) is 11.0. The van der Waals surface area contributed by atoms with E-state index in [9.17, 15) is 8.78 Å². The molecule has 0 unspecified atom stereocenters. The summed E-state index contributed by atoms with van der Waals surface area (Å²) in [4.78, 5) is 4.18. The molecule has 1 aromatic carbocycles. The van der Waals surface area contributed by atoms with E-state index in [4.69, 9.17) is 4.74 Å². The molecule has 0 atom stereocenters. The first-order chi connectivity index (χ1) is 9.72. The fourth-order valence-electron chi connectivity index (χ4n) is 2.29. The molecule has 0 amide bonds. The van der Waals surface area contributed by atoms with Crippen molar-refractivity contribution >= 4 is 0 Å². The van der Waals surface area contributed by atoms with E-state index in [-0.39, 0.29) is 0 Å². The van der Waals surface area contributed by atoms with Crippen LogP contribution in [-0.2, 0) is 0 Å². The maximum atomic E-state index is 13.3. The van der Waals surface area contributed by atoms with Gasteiger partial charge in [0.05, 0.1) is 6.61 Å². The Labute approximate surface area is 116 Å². The largest absolute Gasteiger partial charge is 0.477 e. The van der Waals surface area contributed by atoms with E-state index in [1.807, 2.05) is 0 Å². The number of benzene rings is 1.